The summed E-state index contributed by atoms with van der Waals surface area (Å²) >= 11 is 6.11. The van der Waals surface area contributed by atoms with Gasteiger partial charge in [-0.3, -0.25) is 4.79 Å². The maximum atomic E-state index is 12.9. The highest BCUT2D eigenvalue weighted by Crippen LogP contribution is 2.24. The van der Waals surface area contributed by atoms with Crippen LogP contribution >= 0.6 is 23.6 Å². The number of rotatable bonds is 6. The topological polar surface area (TPSA) is 88.2 Å². The van der Waals surface area contributed by atoms with Crippen LogP contribution < -0.4 is 11.1 Å². The van der Waals surface area contributed by atoms with Gasteiger partial charge in [-0.25, -0.2) is 9.37 Å². The van der Waals surface area contributed by atoms with Crippen molar-refractivity contribution in [2.24, 2.45) is 5.73 Å². The van der Waals surface area contributed by atoms with Crippen molar-refractivity contribution in [3.63, 3.8) is 0 Å². The van der Waals surface area contributed by atoms with Crippen molar-refractivity contribution in [2.45, 2.75) is 32.4 Å². The van der Waals surface area contributed by atoms with Gasteiger partial charge in [-0.15, -0.1) is 11.3 Å². The molecule has 1 aromatic heterocycles. The Bertz CT molecular complexity index is 752. The number of hydrogen-bond donors (Lipinski definition) is 3. The lowest BCUT2D eigenvalue weighted by atomic mass is 10.0. The molecule has 0 atom stereocenters. The molecule has 24 heavy (non-hydrogen) atoms. The van der Waals surface area contributed by atoms with Crippen LogP contribution in [-0.4, -0.2) is 26.6 Å². The summed E-state index contributed by atoms with van der Waals surface area (Å²) in [6.07, 6.45) is 0.257. The fraction of sp³-hybridized carbons (Fsp3) is 0.312. The Hall–Kier alpha value is -1.90. The lowest BCUT2D eigenvalue weighted by Crippen LogP contribution is -2.27. The molecule has 2 aromatic rings. The van der Waals surface area contributed by atoms with Crippen LogP contribution in [0.25, 0.3) is 0 Å². The molecule has 4 N–H and O–H groups in total. The predicted molar refractivity (Wildman–Crippen MR) is 95.6 cm³/mol. The molecule has 5 nitrogen and oxygen atoms in total. The molecule has 0 bridgehead atoms. The molecule has 0 aliphatic rings. The second-order valence-corrected chi connectivity index (χ2v) is 7.48. The van der Waals surface area contributed by atoms with E-state index in [2.05, 4.69) is 10.3 Å². The third-order valence-corrected chi connectivity index (χ3v) is 4.49. The van der Waals surface area contributed by atoms with E-state index in [-0.39, 0.29) is 29.5 Å². The second-order valence-electron chi connectivity index (χ2n) is 5.95. The standard InChI is InChI=1S/C16H18FN3O2S2/c1-16(2,22)7-11-12(20-15(24-11)13(18)23)14(21)19-8-9-3-5-10(17)6-4-9/h3-6,22H,7-8H2,1-2H3,(H2,18,23)(H,19,21). The van der Waals surface area contributed by atoms with Crippen LogP contribution in [0.5, 0.6) is 0 Å². The molecule has 1 aromatic carbocycles. The number of benzene rings is 1. The number of hydrogen-bond acceptors (Lipinski definition) is 5. The maximum absolute atomic E-state index is 12.9. The molecule has 1 heterocycles. The Morgan fingerprint density at radius 1 is 1.42 bits per heavy atom. The van der Waals surface area contributed by atoms with E-state index >= 15 is 0 Å². The third kappa shape index (κ3) is 5.05. The summed E-state index contributed by atoms with van der Waals surface area (Å²) in [5, 5.41) is 13.1. The first-order valence-electron chi connectivity index (χ1n) is 7.20. The molecule has 128 valence electrons. The minimum absolute atomic E-state index is 0.106. The second kappa shape index (κ2) is 7.33. The first-order valence-corrected chi connectivity index (χ1v) is 8.43. The Labute approximate surface area is 148 Å². The van der Waals surface area contributed by atoms with Crippen molar-refractivity contribution in [1.29, 1.82) is 0 Å². The summed E-state index contributed by atoms with van der Waals surface area (Å²) < 4.78 is 12.9. The number of nitrogens with two attached hydrogens (primary N) is 1. The van der Waals surface area contributed by atoms with Crippen molar-refractivity contribution < 1.29 is 14.3 Å². The van der Waals surface area contributed by atoms with Gasteiger partial charge in [0.1, 0.15) is 16.5 Å². The molecular formula is C16H18FN3O2S2. The molecule has 1 amide bonds. The monoisotopic (exact) mass is 367 g/mol. The average molecular weight is 367 g/mol. The molecule has 0 aliphatic carbocycles. The van der Waals surface area contributed by atoms with Crippen molar-refractivity contribution >= 4 is 34.5 Å². The van der Waals surface area contributed by atoms with Crippen molar-refractivity contribution in [1.82, 2.24) is 10.3 Å². The summed E-state index contributed by atoms with van der Waals surface area (Å²) in [5.74, 6) is -0.726. The van der Waals surface area contributed by atoms with E-state index in [0.717, 1.165) is 5.56 Å². The summed E-state index contributed by atoms with van der Waals surface area (Å²) in [5.41, 5.74) is 5.56. The van der Waals surface area contributed by atoms with Gasteiger partial charge in [0.15, 0.2) is 5.01 Å². The molecule has 0 radical (unpaired) electrons. The lowest BCUT2D eigenvalue weighted by molar-refractivity contribution is 0.0811. The summed E-state index contributed by atoms with van der Waals surface area (Å²) in [6, 6.07) is 5.84. The number of thiocarbonyl (C=S) groups is 1. The van der Waals surface area contributed by atoms with E-state index < -0.39 is 11.5 Å². The van der Waals surface area contributed by atoms with Gasteiger partial charge in [-0.1, -0.05) is 24.4 Å². The smallest absolute Gasteiger partial charge is 0.271 e. The van der Waals surface area contributed by atoms with E-state index in [0.29, 0.717) is 9.88 Å². The van der Waals surface area contributed by atoms with Crippen molar-refractivity contribution in [2.75, 3.05) is 0 Å². The number of nitrogens with zero attached hydrogens (tertiary/aromatic N) is 1. The van der Waals surface area contributed by atoms with E-state index in [1.165, 1.54) is 23.5 Å². The molecule has 0 spiro atoms. The van der Waals surface area contributed by atoms with E-state index in [9.17, 15) is 14.3 Å². The van der Waals surface area contributed by atoms with Crippen LogP contribution in [0.1, 0.15) is 39.8 Å². The minimum atomic E-state index is -0.994. The molecule has 0 saturated heterocycles. The molecule has 0 fully saturated rings. The highest BCUT2D eigenvalue weighted by Gasteiger charge is 2.24. The number of aromatic nitrogens is 1. The van der Waals surface area contributed by atoms with Crippen LogP contribution in [0.4, 0.5) is 4.39 Å². The van der Waals surface area contributed by atoms with E-state index in [1.54, 1.807) is 26.0 Å². The zero-order valence-corrected chi connectivity index (χ0v) is 14.9. The first kappa shape index (κ1) is 18.4. The van der Waals surface area contributed by atoms with E-state index in [1.807, 2.05) is 0 Å². The Morgan fingerprint density at radius 2 is 2.04 bits per heavy atom. The van der Waals surface area contributed by atoms with Crippen molar-refractivity contribution in [3.8, 4) is 0 Å². The predicted octanol–water partition coefficient (Wildman–Crippen LogP) is 2.16. The normalized spacial score (nSPS) is 11.3. The van der Waals surface area contributed by atoms with Gasteiger partial charge in [0.05, 0.1) is 5.60 Å². The van der Waals surface area contributed by atoms with Crippen LogP contribution in [0.15, 0.2) is 24.3 Å². The summed E-state index contributed by atoms with van der Waals surface area (Å²) in [4.78, 5) is 17.3. The van der Waals surface area contributed by atoms with Gasteiger partial charge in [-0.2, -0.15) is 0 Å². The van der Waals surface area contributed by atoms with Crippen LogP contribution in [0.3, 0.4) is 0 Å². The zero-order valence-electron chi connectivity index (χ0n) is 13.3. The first-order chi connectivity index (χ1) is 11.2. The number of nitrogens with one attached hydrogen (secondary N) is 1. The fourth-order valence-electron chi connectivity index (χ4n) is 2.02. The largest absolute Gasteiger partial charge is 0.390 e. The molecular weight excluding hydrogens is 349 g/mol. The van der Waals surface area contributed by atoms with Crippen molar-refractivity contribution in [3.05, 3.63) is 51.2 Å². The van der Waals surface area contributed by atoms with Crippen LogP contribution in [-0.2, 0) is 13.0 Å². The SMILES string of the molecule is CC(C)(O)Cc1sc(C(N)=S)nc1C(=O)NCc1ccc(F)cc1. The number of halogens is 1. The van der Waals surface area contributed by atoms with Gasteiger partial charge >= 0.3 is 0 Å². The minimum Gasteiger partial charge on any atom is -0.390 e. The number of amides is 1. The Balaban J connectivity index is 2.17. The van der Waals surface area contributed by atoms with Crippen LogP contribution in [0, 0.1) is 5.82 Å². The van der Waals surface area contributed by atoms with Crippen LogP contribution in [0.2, 0.25) is 0 Å². The van der Waals surface area contributed by atoms with Gasteiger partial charge in [0.2, 0.25) is 0 Å². The summed E-state index contributed by atoms with van der Waals surface area (Å²) in [6.45, 7) is 3.53. The highest BCUT2D eigenvalue weighted by molar-refractivity contribution is 7.81. The number of carbonyl (C=O) groups is 1. The number of aliphatic hydroxyl groups is 1. The molecule has 2 rings (SSSR count). The fourth-order valence-corrected chi connectivity index (χ4v) is 3.32. The van der Waals surface area contributed by atoms with Gasteiger partial charge in [0, 0.05) is 17.8 Å². The molecule has 0 saturated carbocycles. The number of thiazole rings is 1. The maximum Gasteiger partial charge on any atom is 0.271 e. The average Bonchev–Trinajstić information content (AvgIpc) is 2.88. The zero-order chi connectivity index (χ0) is 17.9. The molecule has 8 heteroatoms. The number of carbonyl (C=O) groups excluding carboxylic acids is 1. The summed E-state index contributed by atoms with van der Waals surface area (Å²) in [7, 11) is 0. The van der Waals surface area contributed by atoms with Gasteiger partial charge < -0.3 is 16.2 Å². The Morgan fingerprint density at radius 3 is 2.58 bits per heavy atom. The third-order valence-electron chi connectivity index (χ3n) is 3.08. The van der Waals surface area contributed by atoms with E-state index in [4.69, 9.17) is 18.0 Å². The van der Waals surface area contributed by atoms with Gasteiger partial charge in [0.25, 0.3) is 5.91 Å². The molecule has 0 aliphatic heterocycles. The quantitative estimate of drug-likeness (QED) is 0.681. The van der Waals surface area contributed by atoms with Gasteiger partial charge in [-0.05, 0) is 31.5 Å². The lowest BCUT2D eigenvalue weighted by Gasteiger charge is -2.16. The Kier molecular flexibility index (Phi) is 5.63. The molecule has 0 unspecified atom stereocenters. The highest BCUT2D eigenvalue weighted by atomic mass is 32.1.